The second-order valence-corrected chi connectivity index (χ2v) is 10.6. The summed E-state index contributed by atoms with van der Waals surface area (Å²) in [5, 5.41) is 3.67. The van der Waals surface area contributed by atoms with Crippen LogP contribution in [-0.4, -0.2) is 49.5 Å². The van der Waals surface area contributed by atoms with Crippen LogP contribution in [-0.2, 0) is 11.3 Å². The summed E-state index contributed by atoms with van der Waals surface area (Å²) in [6.07, 6.45) is 4.86. The van der Waals surface area contributed by atoms with Crippen LogP contribution in [0.3, 0.4) is 0 Å². The fourth-order valence-corrected chi connectivity index (χ4v) is 5.49. The van der Waals surface area contributed by atoms with E-state index in [0.717, 1.165) is 66.1 Å². The molecule has 1 aliphatic heterocycles. The molecule has 41 heavy (non-hydrogen) atoms. The zero-order chi connectivity index (χ0) is 28.3. The van der Waals surface area contributed by atoms with Gasteiger partial charge < -0.3 is 11.1 Å². The van der Waals surface area contributed by atoms with Crippen LogP contribution in [0, 0.1) is 0 Å². The van der Waals surface area contributed by atoms with Crippen LogP contribution in [0.5, 0.6) is 0 Å². The van der Waals surface area contributed by atoms with E-state index in [-0.39, 0.29) is 11.9 Å². The number of hydrogen-bond acceptors (Lipinski definition) is 6. The van der Waals surface area contributed by atoms with E-state index in [9.17, 15) is 4.79 Å². The van der Waals surface area contributed by atoms with Crippen molar-refractivity contribution in [1.82, 2.24) is 29.7 Å². The number of nitrogens with one attached hydrogen (secondary N) is 1. The molecule has 0 spiro atoms. The SMILES string of the molecule is C=CC(=O)NC1CCN(Cc2ccc(-n3c(-c4cccnc4N)nc4ccc(-c5cccc(Cl)c5)nc43)cc2)CC1. The molecule has 1 amide bonds. The molecule has 6 rings (SSSR count). The van der Waals surface area contributed by atoms with E-state index in [4.69, 9.17) is 27.3 Å². The van der Waals surface area contributed by atoms with Crippen molar-refractivity contribution in [3.8, 4) is 28.3 Å². The summed E-state index contributed by atoms with van der Waals surface area (Å²) in [4.78, 5) is 28.3. The van der Waals surface area contributed by atoms with E-state index < -0.39 is 0 Å². The van der Waals surface area contributed by atoms with Crippen LogP contribution in [0.4, 0.5) is 5.82 Å². The number of amides is 1. The fraction of sp³-hybridized carbons (Fsp3) is 0.188. The topological polar surface area (TPSA) is 102 Å². The Labute approximate surface area is 243 Å². The number of carbonyl (C=O) groups excluding carboxylic acids is 1. The number of fused-ring (bicyclic) bond motifs is 1. The molecule has 1 fully saturated rings. The number of anilines is 1. The molecule has 0 saturated carbocycles. The Morgan fingerprint density at radius 1 is 1.05 bits per heavy atom. The van der Waals surface area contributed by atoms with Gasteiger partial charge in [0.1, 0.15) is 11.3 Å². The number of halogens is 1. The largest absolute Gasteiger partial charge is 0.383 e. The molecular formula is C32H30ClN7O. The first-order valence-corrected chi connectivity index (χ1v) is 14.0. The maximum atomic E-state index is 11.6. The summed E-state index contributed by atoms with van der Waals surface area (Å²) < 4.78 is 2.04. The van der Waals surface area contributed by atoms with Crippen molar-refractivity contribution in [2.24, 2.45) is 0 Å². The van der Waals surface area contributed by atoms with E-state index in [1.54, 1.807) is 6.20 Å². The van der Waals surface area contributed by atoms with Gasteiger partial charge in [0.25, 0.3) is 0 Å². The standard InChI is InChI=1S/C32H30ClN7O/c1-2-29(41)36-24-14-17-39(18-15-24)20-21-8-10-25(11-9-21)40-31(26-7-4-16-35-30(26)34)38-28-13-12-27(37-32(28)40)22-5-3-6-23(33)19-22/h2-13,16,19,24H,1,14-15,17-18,20H2,(H2,34,35)(H,36,41). The molecule has 9 heteroatoms. The van der Waals surface area contributed by atoms with Crippen molar-refractivity contribution >= 4 is 34.5 Å². The van der Waals surface area contributed by atoms with Gasteiger partial charge in [0.05, 0.1) is 11.3 Å². The lowest BCUT2D eigenvalue weighted by molar-refractivity contribution is -0.117. The molecule has 0 bridgehead atoms. The number of rotatable bonds is 7. The summed E-state index contributed by atoms with van der Waals surface area (Å²) in [6, 6.07) is 24.1. The smallest absolute Gasteiger partial charge is 0.243 e. The Morgan fingerprint density at radius 3 is 2.59 bits per heavy atom. The number of pyridine rings is 2. The molecule has 0 atom stereocenters. The number of piperidine rings is 1. The molecule has 0 unspecified atom stereocenters. The number of aromatic nitrogens is 4. The molecule has 4 heterocycles. The van der Waals surface area contributed by atoms with Crippen molar-refractivity contribution in [2.45, 2.75) is 25.4 Å². The summed E-state index contributed by atoms with van der Waals surface area (Å²) in [6.45, 7) is 6.24. The average Bonchev–Trinajstić information content (AvgIpc) is 3.37. The normalized spacial score (nSPS) is 14.3. The second kappa shape index (κ2) is 11.5. The minimum Gasteiger partial charge on any atom is -0.383 e. The number of likely N-dealkylation sites (tertiary alicyclic amines) is 1. The predicted molar refractivity (Wildman–Crippen MR) is 164 cm³/mol. The molecule has 3 N–H and O–H groups in total. The van der Waals surface area contributed by atoms with Crippen LogP contribution in [0.1, 0.15) is 18.4 Å². The quantitative estimate of drug-likeness (QED) is 0.248. The zero-order valence-electron chi connectivity index (χ0n) is 22.5. The first kappa shape index (κ1) is 26.7. The van der Waals surface area contributed by atoms with Gasteiger partial charge in [-0.25, -0.2) is 15.0 Å². The lowest BCUT2D eigenvalue weighted by atomic mass is 10.0. The average molecular weight is 564 g/mol. The number of carbonyl (C=O) groups is 1. The predicted octanol–water partition coefficient (Wildman–Crippen LogP) is 5.65. The third-order valence-corrected chi connectivity index (χ3v) is 7.66. The molecule has 1 aliphatic rings. The highest BCUT2D eigenvalue weighted by Crippen LogP contribution is 2.32. The summed E-state index contributed by atoms with van der Waals surface area (Å²) in [7, 11) is 0. The molecule has 0 aliphatic carbocycles. The fourth-order valence-electron chi connectivity index (χ4n) is 5.30. The lowest BCUT2D eigenvalue weighted by Crippen LogP contribution is -2.43. The van der Waals surface area contributed by atoms with Gasteiger partial charge in [-0.15, -0.1) is 0 Å². The first-order chi connectivity index (χ1) is 20.0. The minimum absolute atomic E-state index is 0.104. The third kappa shape index (κ3) is 5.70. The molecular weight excluding hydrogens is 534 g/mol. The third-order valence-electron chi connectivity index (χ3n) is 7.42. The van der Waals surface area contributed by atoms with Crippen LogP contribution in [0.15, 0.2) is 91.6 Å². The molecule has 206 valence electrons. The van der Waals surface area contributed by atoms with Crippen molar-refractivity contribution < 1.29 is 4.79 Å². The van der Waals surface area contributed by atoms with Crippen molar-refractivity contribution in [3.63, 3.8) is 0 Å². The van der Waals surface area contributed by atoms with Crippen LogP contribution in [0.25, 0.3) is 39.5 Å². The Balaban J connectivity index is 1.32. The zero-order valence-corrected chi connectivity index (χ0v) is 23.3. The van der Waals surface area contributed by atoms with Gasteiger partial charge in [-0.2, -0.15) is 0 Å². The second-order valence-electron chi connectivity index (χ2n) is 10.2. The highest BCUT2D eigenvalue weighted by atomic mass is 35.5. The monoisotopic (exact) mass is 563 g/mol. The number of benzene rings is 2. The summed E-state index contributed by atoms with van der Waals surface area (Å²) >= 11 is 6.27. The maximum Gasteiger partial charge on any atom is 0.243 e. The van der Waals surface area contributed by atoms with Gasteiger partial charge in [0.2, 0.25) is 5.91 Å². The number of imidazole rings is 1. The lowest BCUT2D eigenvalue weighted by Gasteiger charge is -2.32. The van der Waals surface area contributed by atoms with Gasteiger partial charge in [-0.1, -0.05) is 42.4 Å². The molecule has 2 aromatic carbocycles. The van der Waals surface area contributed by atoms with E-state index in [1.807, 2.05) is 53.1 Å². The maximum absolute atomic E-state index is 11.6. The number of nitrogens with zero attached hydrogens (tertiary/aromatic N) is 5. The molecule has 5 aromatic rings. The van der Waals surface area contributed by atoms with Gasteiger partial charge in [0, 0.05) is 48.1 Å². The molecule has 1 saturated heterocycles. The molecule has 8 nitrogen and oxygen atoms in total. The van der Waals surface area contributed by atoms with Crippen LogP contribution in [0.2, 0.25) is 5.02 Å². The van der Waals surface area contributed by atoms with E-state index >= 15 is 0 Å². The van der Waals surface area contributed by atoms with Crippen molar-refractivity contribution in [3.05, 3.63) is 102 Å². The Morgan fingerprint density at radius 2 is 1.85 bits per heavy atom. The summed E-state index contributed by atoms with van der Waals surface area (Å²) in [5.41, 5.74) is 12.4. The van der Waals surface area contributed by atoms with Crippen molar-refractivity contribution in [2.75, 3.05) is 18.8 Å². The highest BCUT2D eigenvalue weighted by Gasteiger charge is 2.21. The van der Waals surface area contributed by atoms with Crippen LogP contribution < -0.4 is 11.1 Å². The van der Waals surface area contributed by atoms with Gasteiger partial charge in [-0.3, -0.25) is 14.3 Å². The van der Waals surface area contributed by atoms with E-state index in [2.05, 4.69) is 46.0 Å². The van der Waals surface area contributed by atoms with E-state index in [0.29, 0.717) is 16.7 Å². The Bertz CT molecular complexity index is 1720. The van der Waals surface area contributed by atoms with Gasteiger partial charge in [-0.05, 0) is 73.0 Å². The Hall–Kier alpha value is -4.53. The molecule has 3 aromatic heterocycles. The Kier molecular flexibility index (Phi) is 7.50. The van der Waals surface area contributed by atoms with Gasteiger partial charge >= 0.3 is 0 Å². The van der Waals surface area contributed by atoms with E-state index in [1.165, 1.54) is 11.6 Å². The van der Waals surface area contributed by atoms with Gasteiger partial charge in [0.15, 0.2) is 11.5 Å². The molecule has 0 radical (unpaired) electrons. The van der Waals surface area contributed by atoms with Crippen molar-refractivity contribution in [1.29, 1.82) is 0 Å². The first-order valence-electron chi connectivity index (χ1n) is 13.6. The highest BCUT2D eigenvalue weighted by molar-refractivity contribution is 6.30. The number of nitrogens with two attached hydrogens (primary N) is 1. The minimum atomic E-state index is -0.104. The van der Waals surface area contributed by atoms with Crippen LogP contribution >= 0.6 is 11.6 Å². The number of hydrogen-bond donors (Lipinski definition) is 2. The number of nitrogen functional groups attached to an aromatic ring is 1. The summed E-state index contributed by atoms with van der Waals surface area (Å²) in [5.74, 6) is 0.980.